The van der Waals surface area contributed by atoms with Gasteiger partial charge < -0.3 is 10.6 Å². The third-order valence-electron chi connectivity index (χ3n) is 3.63. The van der Waals surface area contributed by atoms with Crippen LogP contribution in [0.5, 0.6) is 0 Å². The molecule has 5 heteroatoms. The van der Waals surface area contributed by atoms with Crippen LogP contribution in [-0.4, -0.2) is 43.5 Å². The van der Waals surface area contributed by atoms with E-state index in [4.69, 9.17) is 0 Å². The first kappa shape index (κ1) is 14.5. The van der Waals surface area contributed by atoms with Crippen molar-refractivity contribution in [3.8, 4) is 0 Å². The van der Waals surface area contributed by atoms with E-state index in [1.54, 1.807) is 11.3 Å². The Hall–Kier alpha value is -0.910. The number of amides is 1. The molecule has 0 radical (unpaired) electrons. The fraction of sp³-hybridized carbons (Fsp3) is 0.643. The van der Waals surface area contributed by atoms with E-state index < -0.39 is 0 Å². The fourth-order valence-corrected chi connectivity index (χ4v) is 3.20. The summed E-state index contributed by atoms with van der Waals surface area (Å²) >= 11 is 1.68. The van der Waals surface area contributed by atoms with Crippen LogP contribution in [0.2, 0.25) is 0 Å². The summed E-state index contributed by atoms with van der Waals surface area (Å²) in [5.74, 6) is 0.106. The van der Waals surface area contributed by atoms with Crippen molar-refractivity contribution in [2.75, 3.05) is 26.7 Å². The Morgan fingerprint density at radius 1 is 1.68 bits per heavy atom. The van der Waals surface area contributed by atoms with Crippen molar-refractivity contribution in [1.29, 1.82) is 0 Å². The van der Waals surface area contributed by atoms with Crippen molar-refractivity contribution in [2.45, 2.75) is 31.8 Å². The summed E-state index contributed by atoms with van der Waals surface area (Å²) in [6, 6.07) is 4.66. The van der Waals surface area contributed by atoms with Gasteiger partial charge in [-0.3, -0.25) is 9.69 Å². The van der Waals surface area contributed by atoms with Crippen molar-refractivity contribution in [2.24, 2.45) is 0 Å². The number of carbonyl (C=O) groups is 1. The molecule has 1 fully saturated rings. The van der Waals surface area contributed by atoms with Crippen LogP contribution in [0.15, 0.2) is 17.5 Å². The normalized spacial score (nSPS) is 21.3. The van der Waals surface area contributed by atoms with Gasteiger partial charge in [-0.2, -0.15) is 0 Å². The van der Waals surface area contributed by atoms with Crippen molar-refractivity contribution < 1.29 is 4.79 Å². The number of hydrogen-bond acceptors (Lipinski definition) is 4. The molecule has 2 rings (SSSR count). The Morgan fingerprint density at radius 3 is 3.16 bits per heavy atom. The summed E-state index contributed by atoms with van der Waals surface area (Å²) in [5.41, 5.74) is 0. The molecule has 2 atom stereocenters. The predicted octanol–water partition coefficient (Wildman–Crippen LogP) is 1.61. The first-order chi connectivity index (χ1) is 9.16. The molecule has 1 saturated heterocycles. The second-order valence-electron chi connectivity index (χ2n) is 5.22. The van der Waals surface area contributed by atoms with Gasteiger partial charge in [0.2, 0.25) is 5.91 Å². The molecule has 0 saturated carbocycles. The van der Waals surface area contributed by atoms with E-state index in [1.807, 2.05) is 25.4 Å². The van der Waals surface area contributed by atoms with Crippen LogP contribution in [0.25, 0.3) is 0 Å². The zero-order chi connectivity index (χ0) is 13.7. The topological polar surface area (TPSA) is 44.4 Å². The van der Waals surface area contributed by atoms with Crippen molar-refractivity contribution in [3.05, 3.63) is 22.4 Å². The van der Waals surface area contributed by atoms with E-state index in [-0.39, 0.29) is 11.9 Å². The molecule has 19 heavy (non-hydrogen) atoms. The Morgan fingerprint density at radius 2 is 2.53 bits per heavy atom. The molecule has 1 aliphatic rings. The molecule has 0 bridgehead atoms. The zero-order valence-corrected chi connectivity index (χ0v) is 12.5. The smallest absolute Gasteiger partial charge is 0.234 e. The monoisotopic (exact) mass is 281 g/mol. The molecule has 0 aliphatic carbocycles. The Balaban J connectivity index is 1.77. The minimum atomic E-state index is 0.102. The summed E-state index contributed by atoms with van der Waals surface area (Å²) in [7, 11) is 2.03. The highest BCUT2D eigenvalue weighted by Gasteiger charge is 2.20. The third-order valence-corrected chi connectivity index (χ3v) is 4.69. The minimum absolute atomic E-state index is 0.102. The lowest BCUT2D eigenvalue weighted by atomic mass is 10.1. The standard InChI is InChI=1S/C14H23N3OS/c1-11(13-6-4-8-19-13)16-14(18)10-17(2)12-5-3-7-15-9-12/h4,6,8,11-12,15H,3,5,7,9-10H2,1-2H3,(H,16,18). The molecule has 1 aromatic rings. The number of thiophene rings is 1. The van der Waals surface area contributed by atoms with E-state index in [0.29, 0.717) is 12.6 Å². The molecule has 2 N–H and O–H groups in total. The molecule has 2 unspecified atom stereocenters. The molecular weight excluding hydrogens is 258 g/mol. The van der Waals surface area contributed by atoms with E-state index >= 15 is 0 Å². The van der Waals surface area contributed by atoms with Gasteiger partial charge in [-0.15, -0.1) is 11.3 Å². The van der Waals surface area contributed by atoms with Gasteiger partial charge in [0.05, 0.1) is 12.6 Å². The highest BCUT2D eigenvalue weighted by molar-refractivity contribution is 7.10. The van der Waals surface area contributed by atoms with E-state index in [2.05, 4.69) is 21.6 Å². The van der Waals surface area contributed by atoms with Gasteiger partial charge >= 0.3 is 0 Å². The van der Waals surface area contributed by atoms with Gasteiger partial charge in [-0.1, -0.05) is 6.07 Å². The molecule has 1 aliphatic heterocycles. The van der Waals surface area contributed by atoms with Crippen LogP contribution in [0.1, 0.15) is 30.7 Å². The van der Waals surface area contributed by atoms with E-state index in [1.165, 1.54) is 17.7 Å². The second kappa shape index (κ2) is 7.03. The SMILES string of the molecule is CC(NC(=O)CN(C)C1CCCNC1)c1cccs1. The van der Waals surface area contributed by atoms with Crippen molar-refractivity contribution in [1.82, 2.24) is 15.5 Å². The molecule has 2 heterocycles. The second-order valence-corrected chi connectivity index (χ2v) is 6.20. The highest BCUT2D eigenvalue weighted by Crippen LogP contribution is 2.18. The number of carbonyl (C=O) groups excluding carboxylic acids is 1. The van der Waals surface area contributed by atoms with Crippen LogP contribution in [-0.2, 0) is 4.79 Å². The summed E-state index contributed by atoms with van der Waals surface area (Å²) in [5, 5.41) is 8.48. The Kier molecular flexibility index (Phi) is 5.36. The van der Waals surface area contributed by atoms with Crippen LogP contribution >= 0.6 is 11.3 Å². The molecular formula is C14H23N3OS. The van der Waals surface area contributed by atoms with Crippen LogP contribution in [0, 0.1) is 0 Å². The maximum absolute atomic E-state index is 12.0. The maximum Gasteiger partial charge on any atom is 0.234 e. The number of nitrogens with zero attached hydrogens (tertiary/aromatic N) is 1. The van der Waals surface area contributed by atoms with Gasteiger partial charge in [-0.05, 0) is 44.8 Å². The molecule has 4 nitrogen and oxygen atoms in total. The van der Waals surface area contributed by atoms with Gasteiger partial charge in [0.1, 0.15) is 0 Å². The van der Waals surface area contributed by atoms with E-state index in [0.717, 1.165) is 13.1 Å². The van der Waals surface area contributed by atoms with Gasteiger partial charge in [0.25, 0.3) is 0 Å². The van der Waals surface area contributed by atoms with E-state index in [9.17, 15) is 4.79 Å². The summed E-state index contributed by atoms with van der Waals surface area (Å²) in [6.07, 6.45) is 2.37. The van der Waals surface area contributed by atoms with Gasteiger partial charge in [-0.25, -0.2) is 0 Å². The maximum atomic E-state index is 12.0. The van der Waals surface area contributed by atoms with Crippen LogP contribution in [0.4, 0.5) is 0 Å². The number of piperidine rings is 1. The summed E-state index contributed by atoms with van der Waals surface area (Å²) in [6.45, 7) is 4.60. The van der Waals surface area contributed by atoms with Gasteiger partial charge in [0, 0.05) is 17.5 Å². The summed E-state index contributed by atoms with van der Waals surface area (Å²) in [4.78, 5) is 15.4. The largest absolute Gasteiger partial charge is 0.348 e. The first-order valence-electron chi connectivity index (χ1n) is 6.90. The average Bonchev–Trinajstić information content (AvgIpc) is 2.93. The van der Waals surface area contributed by atoms with Crippen molar-refractivity contribution >= 4 is 17.2 Å². The lowest BCUT2D eigenvalue weighted by Crippen LogP contribution is -2.47. The average molecular weight is 281 g/mol. The first-order valence-corrected chi connectivity index (χ1v) is 7.78. The Labute approximate surface area is 119 Å². The lowest BCUT2D eigenvalue weighted by Gasteiger charge is -2.31. The third kappa shape index (κ3) is 4.30. The number of hydrogen-bond donors (Lipinski definition) is 2. The zero-order valence-electron chi connectivity index (χ0n) is 11.7. The van der Waals surface area contributed by atoms with Gasteiger partial charge in [0.15, 0.2) is 0 Å². The number of likely N-dealkylation sites (N-methyl/N-ethyl adjacent to an activating group) is 1. The molecule has 1 amide bonds. The van der Waals surface area contributed by atoms with Crippen molar-refractivity contribution in [3.63, 3.8) is 0 Å². The number of nitrogens with one attached hydrogen (secondary N) is 2. The minimum Gasteiger partial charge on any atom is -0.348 e. The molecule has 0 spiro atoms. The summed E-state index contributed by atoms with van der Waals surface area (Å²) < 4.78 is 0. The molecule has 0 aromatic carbocycles. The van der Waals surface area contributed by atoms with Crippen LogP contribution in [0.3, 0.4) is 0 Å². The highest BCUT2D eigenvalue weighted by atomic mass is 32.1. The number of rotatable bonds is 5. The predicted molar refractivity (Wildman–Crippen MR) is 79.4 cm³/mol. The molecule has 1 aromatic heterocycles. The quantitative estimate of drug-likeness (QED) is 0.862. The Bertz CT molecular complexity index is 387. The fourth-order valence-electron chi connectivity index (χ4n) is 2.46. The molecule has 106 valence electrons. The van der Waals surface area contributed by atoms with Crippen LogP contribution < -0.4 is 10.6 Å². The lowest BCUT2D eigenvalue weighted by molar-refractivity contribution is -0.123.